The average Bonchev–Trinajstić information content (AvgIpc) is 3.60. The predicted molar refractivity (Wildman–Crippen MR) is 209 cm³/mol. The van der Waals surface area contributed by atoms with E-state index in [0.717, 1.165) is 77.1 Å². The molecule has 0 atom stereocenters. The van der Waals surface area contributed by atoms with E-state index in [9.17, 15) is 0 Å². The second-order valence-corrected chi connectivity index (χ2v) is 15.3. The Morgan fingerprint density at radius 3 is 1.55 bits per heavy atom. The van der Waals surface area contributed by atoms with Crippen LogP contribution in [0.2, 0.25) is 0 Å². The summed E-state index contributed by atoms with van der Waals surface area (Å²) in [5.41, 5.74) is 7.86. The minimum Gasteiger partial charge on any atom is -0.455 e. The third-order valence-corrected chi connectivity index (χ3v) is 12.7. The maximum atomic E-state index is 15.0. The Bertz CT molecular complexity index is 2840. The Balaban J connectivity index is 1.24. The number of fused-ring (bicyclic) bond motifs is 7. The fraction of sp³-hybridized carbons (Fsp3) is 0. The van der Waals surface area contributed by atoms with Gasteiger partial charge in [0.05, 0.1) is 16.8 Å². The molecule has 0 bridgehead atoms. The summed E-state index contributed by atoms with van der Waals surface area (Å²) in [4.78, 5) is 14.2. The molecule has 2 aliphatic heterocycles. The van der Waals surface area contributed by atoms with Crippen LogP contribution < -0.4 is 16.2 Å². The number of hydrogen-bond acceptors (Lipinski definition) is 5. The molecule has 0 radical (unpaired) electrons. The highest BCUT2D eigenvalue weighted by Gasteiger charge is 2.33. The summed E-state index contributed by atoms with van der Waals surface area (Å²) < 4.78 is 22.0. The third kappa shape index (κ3) is 4.49. The lowest BCUT2D eigenvalue weighted by Gasteiger charge is -2.20. The van der Waals surface area contributed by atoms with Crippen molar-refractivity contribution >= 4 is 66.7 Å². The van der Waals surface area contributed by atoms with Crippen molar-refractivity contribution in [2.24, 2.45) is 0 Å². The van der Waals surface area contributed by atoms with Crippen molar-refractivity contribution in [3.05, 3.63) is 170 Å². The third-order valence-electron chi connectivity index (χ3n) is 9.85. The highest BCUT2D eigenvalue weighted by molar-refractivity contribution is 7.84. The minimum atomic E-state index is -3.33. The van der Waals surface area contributed by atoms with Crippen LogP contribution in [0.15, 0.2) is 175 Å². The summed E-state index contributed by atoms with van der Waals surface area (Å²) >= 11 is 0. The fourth-order valence-electron chi connectivity index (χ4n) is 7.58. The average molecular weight is 674 g/mol. The smallest absolute Gasteiger partial charge is 0.205 e. The molecule has 0 saturated heterocycles. The van der Waals surface area contributed by atoms with E-state index in [-0.39, 0.29) is 0 Å². The van der Waals surface area contributed by atoms with Crippen LogP contribution in [-0.4, -0.2) is 15.0 Å². The monoisotopic (exact) mass is 673 g/mol. The van der Waals surface area contributed by atoms with E-state index in [0.29, 0.717) is 16.2 Å². The van der Waals surface area contributed by atoms with Crippen LogP contribution in [0.4, 0.5) is 0 Å². The van der Waals surface area contributed by atoms with Gasteiger partial charge in [0.2, 0.25) is 7.14 Å². The summed E-state index contributed by atoms with van der Waals surface area (Å²) in [7, 11) is -3.33. The van der Waals surface area contributed by atoms with Gasteiger partial charge in [-0.1, -0.05) is 115 Å². The Hall–Kier alpha value is -6.42. The Morgan fingerprint density at radius 2 is 0.961 bits per heavy atom. The number of hydrogen-bond donors (Lipinski definition) is 0. The molecule has 6 aromatic carbocycles. The summed E-state index contributed by atoms with van der Waals surface area (Å²) in [6.07, 6.45) is 3.37. The van der Waals surface area contributed by atoms with E-state index in [1.54, 1.807) is 12.4 Å². The van der Waals surface area contributed by atoms with Gasteiger partial charge < -0.3 is 8.98 Å². The van der Waals surface area contributed by atoms with Gasteiger partial charge in [-0.15, -0.1) is 0 Å². The van der Waals surface area contributed by atoms with Crippen molar-refractivity contribution in [2.45, 2.75) is 0 Å². The highest BCUT2D eigenvalue weighted by Crippen LogP contribution is 2.50. The molecule has 8 aromatic rings. The maximum absolute atomic E-state index is 15.0. The number of nitrogens with zero attached hydrogens (tertiary/aromatic N) is 3. The summed E-state index contributed by atoms with van der Waals surface area (Å²) in [5, 5.41) is 7.08. The molecule has 0 N–H and O–H groups in total. The van der Waals surface area contributed by atoms with E-state index >= 15 is 4.57 Å². The van der Waals surface area contributed by atoms with Crippen molar-refractivity contribution in [1.82, 2.24) is 15.0 Å². The zero-order chi connectivity index (χ0) is 33.9. The standard InChI is InChI=1S/C45H28N3O2P/c49-51(39-21-9-11-27-46-39,40-22-10-12-28-47-40)30-25-23-29(24-26-30)41-31-13-1-3-15-33(31)42(34-16-4-2-14-32(34)41)45-43-35-17-5-7-19-37(35)48-44(43)36-18-6-8-20-38(36)50-45/h1-28H. The lowest BCUT2D eigenvalue weighted by molar-refractivity contribution is 0.591. The van der Waals surface area contributed by atoms with Crippen LogP contribution >= 0.6 is 7.14 Å². The van der Waals surface area contributed by atoms with Gasteiger partial charge >= 0.3 is 0 Å². The quantitative estimate of drug-likeness (QED) is 0.134. The van der Waals surface area contributed by atoms with Gasteiger partial charge in [0.1, 0.15) is 22.2 Å². The second-order valence-electron chi connectivity index (χ2n) is 12.7. The van der Waals surface area contributed by atoms with Crippen LogP contribution in [-0.2, 0) is 4.57 Å². The van der Waals surface area contributed by atoms with Crippen LogP contribution in [0.25, 0.3) is 77.1 Å². The Kier molecular flexibility index (Phi) is 6.70. The van der Waals surface area contributed by atoms with E-state index < -0.39 is 7.14 Å². The molecule has 10 rings (SSSR count). The van der Waals surface area contributed by atoms with Gasteiger partial charge in [0.15, 0.2) is 0 Å². The first kappa shape index (κ1) is 29.5. The van der Waals surface area contributed by atoms with E-state index in [1.165, 1.54) is 0 Å². The molecule has 4 heterocycles. The van der Waals surface area contributed by atoms with E-state index in [2.05, 4.69) is 94.9 Å². The molecular formula is C45H28N3O2P. The lowest BCUT2D eigenvalue weighted by atomic mass is 9.86. The van der Waals surface area contributed by atoms with Crippen molar-refractivity contribution in [2.75, 3.05) is 0 Å². The molecule has 0 unspecified atom stereocenters. The van der Waals surface area contributed by atoms with Crippen LogP contribution in [0, 0.1) is 0 Å². The topological polar surface area (TPSA) is 68.9 Å². The maximum Gasteiger partial charge on any atom is 0.205 e. The highest BCUT2D eigenvalue weighted by atomic mass is 31.2. The Labute approximate surface area is 293 Å². The van der Waals surface area contributed by atoms with Gasteiger partial charge in [0, 0.05) is 34.0 Å². The van der Waals surface area contributed by atoms with E-state index in [4.69, 9.17) is 9.40 Å². The van der Waals surface area contributed by atoms with E-state index in [1.807, 2.05) is 72.8 Å². The van der Waals surface area contributed by atoms with Crippen LogP contribution in [0.5, 0.6) is 0 Å². The van der Waals surface area contributed by atoms with Crippen molar-refractivity contribution in [3.63, 3.8) is 0 Å². The van der Waals surface area contributed by atoms with Crippen LogP contribution in [0.1, 0.15) is 0 Å². The molecule has 6 heteroatoms. The van der Waals surface area contributed by atoms with Gasteiger partial charge in [-0.05, 0) is 75.1 Å². The number of rotatable bonds is 5. The molecule has 0 aliphatic carbocycles. The van der Waals surface area contributed by atoms with Gasteiger partial charge in [0.25, 0.3) is 0 Å². The van der Waals surface area contributed by atoms with Crippen molar-refractivity contribution in [1.29, 1.82) is 0 Å². The normalized spacial score (nSPS) is 12.0. The number of aromatic nitrogens is 3. The molecule has 0 spiro atoms. The fourth-order valence-corrected chi connectivity index (χ4v) is 9.97. The summed E-state index contributed by atoms with van der Waals surface area (Å²) in [6, 6.07) is 52.7. The van der Waals surface area contributed by atoms with Gasteiger partial charge in [-0.25, -0.2) is 4.98 Å². The SMILES string of the molecule is O=P(c1ccc(-c2c3ccccc3c(-c3oc4ccccc4c4nc5ccccc5c3-4)c3ccccc23)cc1)(c1ccccn1)c1ccccn1. The van der Waals surface area contributed by atoms with Gasteiger partial charge in [-0.2, -0.15) is 0 Å². The van der Waals surface area contributed by atoms with Gasteiger partial charge in [-0.3, -0.25) is 9.97 Å². The number of pyridine rings is 2. The lowest BCUT2D eigenvalue weighted by Crippen LogP contribution is -2.28. The predicted octanol–water partition coefficient (Wildman–Crippen LogP) is 10.2. The first-order valence-electron chi connectivity index (χ1n) is 16.9. The molecule has 0 fully saturated rings. The first-order chi connectivity index (χ1) is 25.2. The first-order valence-corrected chi connectivity index (χ1v) is 18.6. The minimum absolute atomic E-state index is 0.511. The Morgan fingerprint density at radius 1 is 0.451 bits per heavy atom. The summed E-state index contributed by atoms with van der Waals surface area (Å²) in [5.74, 6) is 0.804. The van der Waals surface area contributed by atoms with Crippen molar-refractivity contribution < 1.29 is 8.98 Å². The molecule has 0 amide bonds. The number of para-hydroxylation sites is 2. The second kappa shape index (κ2) is 11.6. The molecular weight excluding hydrogens is 645 g/mol. The number of benzene rings is 6. The van der Waals surface area contributed by atoms with Crippen molar-refractivity contribution in [3.8, 4) is 33.7 Å². The molecule has 2 aromatic heterocycles. The zero-order valence-corrected chi connectivity index (χ0v) is 28.2. The molecule has 5 nitrogen and oxygen atoms in total. The molecule has 240 valence electrons. The zero-order valence-electron chi connectivity index (χ0n) is 27.3. The molecule has 2 aliphatic rings. The molecule has 51 heavy (non-hydrogen) atoms. The van der Waals surface area contributed by atoms with Crippen LogP contribution in [0.3, 0.4) is 0 Å². The molecule has 0 saturated carbocycles. The largest absolute Gasteiger partial charge is 0.455 e. The summed E-state index contributed by atoms with van der Waals surface area (Å²) in [6.45, 7) is 0.